The Morgan fingerprint density at radius 1 is 1.53 bits per heavy atom. The third kappa shape index (κ3) is 2.75. The van der Waals surface area contributed by atoms with E-state index in [1.165, 1.54) is 6.26 Å². The van der Waals surface area contributed by atoms with E-state index >= 15 is 0 Å². The van der Waals surface area contributed by atoms with Crippen molar-refractivity contribution >= 4 is 17.5 Å². The lowest BCUT2D eigenvalue weighted by Crippen LogP contribution is -2.44. The van der Waals surface area contributed by atoms with E-state index in [0.717, 1.165) is 12.8 Å². The Bertz CT molecular complexity index is 342. The van der Waals surface area contributed by atoms with Gasteiger partial charge in [-0.1, -0.05) is 13.8 Å². The first-order valence-electron chi connectivity index (χ1n) is 5.08. The minimum atomic E-state index is -0.183. The second-order valence-corrected chi connectivity index (χ2v) is 4.17. The predicted molar refractivity (Wildman–Crippen MR) is 60.2 cm³/mol. The number of hydrogen-bond donors (Lipinski definition) is 1. The third-order valence-corrected chi connectivity index (χ3v) is 3.13. The molecule has 0 atom stereocenters. The van der Waals surface area contributed by atoms with Crippen molar-refractivity contribution in [2.75, 3.05) is 0 Å². The van der Waals surface area contributed by atoms with Crippen molar-refractivity contribution in [3.8, 4) is 0 Å². The van der Waals surface area contributed by atoms with Crippen LogP contribution in [0.15, 0.2) is 16.7 Å². The fourth-order valence-electron chi connectivity index (χ4n) is 1.22. The monoisotopic (exact) mass is 229 g/mol. The lowest BCUT2D eigenvalue weighted by atomic mass is 9.95. The van der Waals surface area contributed by atoms with Gasteiger partial charge in [0.25, 0.3) is 5.91 Å². The number of carbonyl (C=O) groups is 1. The van der Waals surface area contributed by atoms with Gasteiger partial charge in [0.1, 0.15) is 0 Å². The zero-order valence-electron chi connectivity index (χ0n) is 9.26. The normalized spacial score (nSPS) is 11.5. The van der Waals surface area contributed by atoms with E-state index in [0.29, 0.717) is 5.56 Å². The van der Waals surface area contributed by atoms with Crippen molar-refractivity contribution < 1.29 is 9.21 Å². The largest absolute Gasteiger partial charge is 0.452 e. The van der Waals surface area contributed by atoms with Gasteiger partial charge in [0.05, 0.1) is 11.8 Å². The molecule has 0 fully saturated rings. The van der Waals surface area contributed by atoms with Crippen molar-refractivity contribution in [1.29, 1.82) is 0 Å². The second-order valence-electron chi connectivity index (χ2n) is 3.83. The molecular formula is C11H16ClNO2. The molecule has 1 heterocycles. The number of rotatable bonds is 4. The molecule has 4 heteroatoms. The zero-order valence-corrected chi connectivity index (χ0v) is 10.0. The van der Waals surface area contributed by atoms with Crippen LogP contribution in [0.2, 0.25) is 5.22 Å². The van der Waals surface area contributed by atoms with E-state index in [-0.39, 0.29) is 16.7 Å². The Kier molecular flexibility index (Phi) is 3.80. The van der Waals surface area contributed by atoms with Crippen LogP contribution in [0.1, 0.15) is 44.0 Å². The molecule has 0 saturated carbocycles. The highest BCUT2D eigenvalue weighted by molar-refractivity contribution is 6.32. The molecule has 0 bridgehead atoms. The van der Waals surface area contributed by atoms with E-state index in [1.54, 1.807) is 6.07 Å². The molecule has 0 aliphatic rings. The first kappa shape index (κ1) is 12.1. The lowest BCUT2D eigenvalue weighted by Gasteiger charge is -2.27. The number of carbonyl (C=O) groups excluding carboxylic acids is 1. The van der Waals surface area contributed by atoms with Crippen LogP contribution in [-0.2, 0) is 0 Å². The number of hydrogen-bond acceptors (Lipinski definition) is 2. The molecule has 15 heavy (non-hydrogen) atoms. The van der Waals surface area contributed by atoms with Gasteiger partial charge in [0, 0.05) is 5.54 Å². The van der Waals surface area contributed by atoms with Crippen molar-refractivity contribution in [3.63, 3.8) is 0 Å². The van der Waals surface area contributed by atoms with Crippen LogP contribution < -0.4 is 5.32 Å². The molecule has 1 aromatic heterocycles. The van der Waals surface area contributed by atoms with Crippen LogP contribution in [-0.4, -0.2) is 11.4 Å². The van der Waals surface area contributed by atoms with Crippen LogP contribution >= 0.6 is 11.6 Å². The van der Waals surface area contributed by atoms with Gasteiger partial charge < -0.3 is 9.73 Å². The van der Waals surface area contributed by atoms with Gasteiger partial charge in [0.15, 0.2) is 0 Å². The Hall–Kier alpha value is -0.960. The van der Waals surface area contributed by atoms with Crippen molar-refractivity contribution in [2.24, 2.45) is 0 Å². The molecule has 0 aliphatic heterocycles. The Morgan fingerprint density at radius 3 is 2.53 bits per heavy atom. The fraction of sp³-hybridized carbons (Fsp3) is 0.545. The van der Waals surface area contributed by atoms with Gasteiger partial charge in [-0.25, -0.2) is 0 Å². The maximum absolute atomic E-state index is 11.8. The summed E-state index contributed by atoms with van der Waals surface area (Å²) in [7, 11) is 0. The summed E-state index contributed by atoms with van der Waals surface area (Å²) in [5, 5.41) is 3.09. The molecule has 1 rings (SSSR count). The van der Waals surface area contributed by atoms with Gasteiger partial charge in [-0.05, 0) is 37.4 Å². The quantitative estimate of drug-likeness (QED) is 0.861. The van der Waals surface area contributed by atoms with E-state index < -0.39 is 0 Å². The second kappa shape index (κ2) is 4.71. The molecule has 0 unspecified atom stereocenters. The van der Waals surface area contributed by atoms with Crippen LogP contribution in [0.4, 0.5) is 0 Å². The van der Waals surface area contributed by atoms with E-state index in [4.69, 9.17) is 16.0 Å². The Morgan fingerprint density at radius 2 is 2.13 bits per heavy atom. The average molecular weight is 230 g/mol. The van der Waals surface area contributed by atoms with Crippen molar-refractivity contribution in [1.82, 2.24) is 5.32 Å². The van der Waals surface area contributed by atoms with E-state index in [9.17, 15) is 4.79 Å². The summed E-state index contributed by atoms with van der Waals surface area (Å²) >= 11 is 5.72. The molecule has 0 aromatic carbocycles. The molecular weight excluding hydrogens is 214 g/mol. The molecule has 0 saturated heterocycles. The standard InChI is InChI=1S/C11H16ClNO2/c1-4-11(3,5-2)13-10(14)8-6-7-15-9(8)12/h6-7H,4-5H2,1-3H3,(H,13,14). The number of amides is 1. The third-order valence-electron chi connectivity index (χ3n) is 2.84. The lowest BCUT2D eigenvalue weighted by molar-refractivity contribution is 0.0900. The first-order chi connectivity index (χ1) is 7.02. The maximum Gasteiger partial charge on any atom is 0.256 e. The average Bonchev–Trinajstić information content (AvgIpc) is 2.64. The van der Waals surface area contributed by atoms with E-state index in [2.05, 4.69) is 5.32 Å². The Labute approximate surface area is 94.8 Å². The molecule has 84 valence electrons. The molecule has 0 aliphatic carbocycles. The summed E-state index contributed by atoms with van der Waals surface area (Å²) in [6, 6.07) is 1.57. The smallest absolute Gasteiger partial charge is 0.256 e. The first-order valence-corrected chi connectivity index (χ1v) is 5.45. The van der Waals surface area contributed by atoms with Gasteiger partial charge in [-0.15, -0.1) is 0 Å². The van der Waals surface area contributed by atoms with Crippen molar-refractivity contribution in [3.05, 3.63) is 23.1 Å². The highest BCUT2D eigenvalue weighted by atomic mass is 35.5. The number of halogens is 1. The molecule has 0 spiro atoms. The summed E-state index contributed by atoms with van der Waals surface area (Å²) in [4.78, 5) is 11.8. The molecule has 1 amide bonds. The minimum absolute atomic E-state index is 0.141. The van der Waals surface area contributed by atoms with Crippen molar-refractivity contribution in [2.45, 2.75) is 39.2 Å². The van der Waals surface area contributed by atoms with Gasteiger partial charge in [-0.3, -0.25) is 4.79 Å². The van der Waals surface area contributed by atoms with Crippen LogP contribution in [0.5, 0.6) is 0 Å². The van der Waals surface area contributed by atoms with Gasteiger partial charge in [0.2, 0.25) is 5.22 Å². The van der Waals surface area contributed by atoms with Crippen LogP contribution in [0.3, 0.4) is 0 Å². The summed E-state index contributed by atoms with van der Waals surface area (Å²) in [5.74, 6) is -0.181. The fourth-order valence-corrected chi connectivity index (χ4v) is 1.42. The van der Waals surface area contributed by atoms with E-state index in [1.807, 2.05) is 20.8 Å². The molecule has 1 aromatic rings. The molecule has 3 nitrogen and oxygen atoms in total. The summed E-state index contributed by atoms with van der Waals surface area (Å²) in [6.07, 6.45) is 3.17. The maximum atomic E-state index is 11.8. The van der Waals surface area contributed by atoms with Crippen LogP contribution in [0, 0.1) is 0 Å². The van der Waals surface area contributed by atoms with Crippen LogP contribution in [0.25, 0.3) is 0 Å². The minimum Gasteiger partial charge on any atom is -0.452 e. The number of furan rings is 1. The molecule has 0 radical (unpaired) electrons. The Balaban J connectivity index is 2.76. The summed E-state index contributed by atoms with van der Waals surface area (Å²) in [6.45, 7) is 6.10. The topological polar surface area (TPSA) is 42.2 Å². The number of nitrogens with one attached hydrogen (secondary N) is 1. The molecule has 1 N–H and O–H groups in total. The summed E-state index contributed by atoms with van der Waals surface area (Å²) in [5.41, 5.74) is 0.210. The highest BCUT2D eigenvalue weighted by Crippen LogP contribution is 2.19. The SMILES string of the molecule is CCC(C)(CC)NC(=O)c1ccoc1Cl. The summed E-state index contributed by atoms with van der Waals surface area (Å²) < 4.78 is 4.87. The van der Waals surface area contributed by atoms with Gasteiger partial charge in [-0.2, -0.15) is 0 Å². The predicted octanol–water partition coefficient (Wildman–Crippen LogP) is 3.24. The zero-order chi connectivity index (χ0) is 11.5. The van der Waals surface area contributed by atoms with Gasteiger partial charge >= 0.3 is 0 Å². The highest BCUT2D eigenvalue weighted by Gasteiger charge is 2.24.